The highest BCUT2D eigenvalue weighted by molar-refractivity contribution is 6.35. The zero-order chi connectivity index (χ0) is 12.9. The number of carbonyl (C=O) groups is 2. The molecule has 0 atom stereocenters. The summed E-state index contributed by atoms with van der Waals surface area (Å²) >= 11 is 0. The summed E-state index contributed by atoms with van der Waals surface area (Å²) in [6.45, 7) is 2.23. The molecule has 0 unspecified atom stereocenters. The van der Waals surface area contributed by atoms with Gasteiger partial charge in [-0.15, -0.1) is 0 Å². The van der Waals surface area contributed by atoms with Gasteiger partial charge in [-0.05, 0) is 6.42 Å². The number of ketones is 1. The second-order valence-electron chi connectivity index (χ2n) is 4.72. The van der Waals surface area contributed by atoms with Crippen LogP contribution in [-0.4, -0.2) is 11.7 Å². The highest BCUT2D eigenvalue weighted by atomic mass is 16.2. The first-order valence-electron chi connectivity index (χ1n) is 7.01. The van der Waals surface area contributed by atoms with Crippen LogP contribution in [0.4, 0.5) is 0 Å². The van der Waals surface area contributed by atoms with E-state index in [-0.39, 0.29) is 0 Å². The van der Waals surface area contributed by atoms with Gasteiger partial charge in [0.05, 0.1) is 0 Å². The predicted octanol–water partition coefficient (Wildman–Crippen LogP) is 3.35. The maximum Gasteiger partial charge on any atom is 0.284 e. The van der Waals surface area contributed by atoms with Crippen LogP contribution in [-0.2, 0) is 9.59 Å². The van der Waals surface area contributed by atoms with Gasteiger partial charge in [0.2, 0.25) is 5.78 Å². The maximum atomic E-state index is 10.9. The number of rotatable bonds is 12. The predicted molar refractivity (Wildman–Crippen MR) is 70.7 cm³/mol. The van der Waals surface area contributed by atoms with Crippen LogP contribution >= 0.6 is 0 Å². The fourth-order valence-electron chi connectivity index (χ4n) is 1.90. The molecule has 0 aromatic heterocycles. The van der Waals surface area contributed by atoms with Gasteiger partial charge in [0.1, 0.15) is 0 Å². The molecule has 0 saturated carbocycles. The van der Waals surface area contributed by atoms with Crippen molar-refractivity contribution in [1.82, 2.24) is 0 Å². The van der Waals surface area contributed by atoms with Crippen LogP contribution in [0.15, 0.2) is 0 Å². The fourth-order valence-corrected chi connectivity index (χ4v) is 1.90. The molecule has 100 valence electrons. The molecule has 0 saturated heterocycles. The van der Waals surface area contributed by atoms with Gasteiger partial charge in [-0.1, -0.05) is 64.7 Å². The summed E-state index contributed by atoms with van der Waals surface area (Å²) in [5, 5.41) is 0. The van der Waals surface area contributed by atoms with E-state index < -0.39 is 11.7 Å². The minimum Gasteiger partial charge on any atom is -0.363 e. The minimum atomic E-state index is -0.791. The van der Waals surface area contributed by atoms with E-state index in [0.717, 1.165) is 12.8 Å². The maximum absolute atomic E-state index is 10.9. The molecule has 2 N–H and O–H groups in total. The van der Waals surface area contributed by atoms with E-state index in [0.29, 0.717) is 6.42 Å². The van der Waals surface area contributed by atoms with Gasteiger partial charge < -0.3 is 5.73 Å². The van der Waals surface area contributed by atoms with Gasteiger partial charge in [-0.25, -0.2) is 0 Å². The number of amides is 1. The first kappa shape index (κ1) is 16.1. The number of unbranched alkanes of at least 4 members (excludes halogenated alkanes) is 9. The van der Waals surface area contributed by atoms with Gasteiger partial charge in [-0.3, -0.25) is 9.59 Å². The molecule has 3 heteroatoms. The van der Waals surface area contributed by atoms with Crippen molar-refractivity contribution in [3.63, 3.8) is 0 Å². The van der Waals surface area contributed by atoms with Crippen LogP contribution < -0.4 is 5.73 Å². The molecule has 0 bridgehead atoms. The summed E-state index contributed by atoms with van der Waals surface area (Å²) in [4.78, 5) is 21.4. The number of Topliss-reactive ketones (excluding diaryl/α,β-unsaturated/α-hetero) is 1. The van der Waals surface area contributed by atoms with Gasteiger partial charge in [0, 0.05) is 6.42 Å². The van der Waals surface area contributed by atoms with Gasteiger partial charge in [-0.2, -0.15) is 0 Å². The lowest BCUT2D eigenvalue weighted by atomic mass is 10.0. The Kier molecular flexibility index (Phi) is 11.0. The second kappa shape index (κ2) is 11.6. The molecule has 0 aliphatic carbocycles. The Morgan fingerprint density at radius 2 is 1.18 bits per heavy atom. The Hall–Kier alpha value is -0.860. The highest BCUT2D eigenvalue weighted by Crippen LogP contribution is 2.11. The average Bonchev–Trinajstić information content (AvgIpc) is 2.31. The Labute approximate surface area is 105 Å². The van der Waals surface area contributed by atoms with Crippen molar-refractivity contribution in [3.05, 3.63) is 0 Å². The molecular weight excluding hydrogens is 214 g/mol. The average molecular weight is 241 g/mol. The van der Waals surface area contributed by atoms with Crippen LogP contribution in [0.2, 0.25) is 0 Å². The molecule has 0 rings (SSSR count). The Bertz CT molecular complexity index is 214. The van der Waals surface area contributed by atoms with Crippen LogP contribution in [0.1, 0.15) is 77.6 Å². The molecule has 0 fully saturated rings. The molecule has 0 aliphatic rings. The largest absolute Gasteiger partial charge is 0.363 e. The molecule has 0 radical (unpaired) electrons. The van der Waals surface area contributed by atoms with E-state index in [1.54, 1.807) is 0 Å². The van der Waals surface area contributed by atoms with Crippen LogP contribution in [0.5, 0.6) is 0 Å². The summed E-state index contributed by atoms with van der Waals surface area (Å²) in [6, 6.07) is 0. The fraction of sp³-hybridized carbons (Fsp3) is 0.857. The Balaban J connectivity index is 3.08. The van der Waals surface area contributed by atoms with Crippen molar-refractivity contribution in [1.29, 1.82) is 0 Å². The third kappa shape index (κ3) is 11.4. The van der Waals surface area contributed by atoms with Gasteiger partial charge >= 0.3 is 0 Å². The molecule has 0 aromatic rings. The summed E-state index contributed by atoms with van der Waals surface area (Å²) in [7, 11) is 0. The van der Waals surface area contributed by atoms with Crippen LogP contribution in [0.25, 0.3) is 0 Å². The number of nitrogens with two attached hydrogens (primary N) is 1. The molecule has 0 heterocycles. The molecule has 17 heavy (non-hydrogen) atoms. The van der Waals surface area contributed by atoms with Crippen molar-refractivity contribution in [2.24, 2.45) is 5.73 Å². The lowest BCUT2D eigenvalue weighted by molar-refractivity contribution is -0.136. The van der Waals surface area contributed by atoms with E-state index in [1.807, 2.05) is 0 Å². The van der Waals surface area contributed by atoms with Gasteiger partial charge in [0.25, 0.3) is 5.91 Å². The Morgan fingerprint density at radius 1 is 0.765 bits per heavy atom. The van der Waals surface area contributed by atoms with Crippen molar-refractivity contribution in [2.45, 2.75) is 77.6 Å². The lowest BCUT2D eigenvalue weighted by Gasteiger charge is -2.01. The van der Waals surface area contributed by atoms with E-state index in [2.05, 4.69) is 6.92 Å². The van der Waals surface area contributed by atoms with E-state index >= 15 is 0 Å². The van der Waals surface area contributed by atoms with Gasteiger partial charge in [0.15, 0.2) is 0 Å². The van der Waals surface area contributed by atoms with E-state index in [4.69, 9.17) is 5.73 Å². The summed E-state index contributed by atoms with van der Waals surface area (Å²) in [5.74, 6) is -1.22. The second-order valence-corrected chi connectivity index (χ2v) is 4.72. The lowest BCUT2D eigenvalue weighted by Crippen LogP contribution is -2.22. The minimum absolute atomic E-state index is 0.325. The normalized spacial score (nSPS) is 10.4. The Morgan fingerprint density at radius 3 is 1.59 bits per heavy atom. The topological polar surface area (TPSA) is 60.2 Å². The third-order valence-electron chi connectivity index (χ3n) is 3.03. The number of primary amides is 1. The molecule has 3 nitrogen and oxygen atoms in total. The summed E-state index contributed by atoms with van der Waals surface area (Å²) in [6.07, 6.45) is 12.6. The molecular formula is C14H27NO2. The molecule has 0 aliphatic heterocycles. The highest BCUT2D eigenvalue weighted by Gasteiger charge is 2.07. The zero-order valence-corrected chi connectivity index (χ0v) is 11.2. The van der Waals surface area contributed by atoms with Crippen molar-refractivity contribution < 1.29 is 9.59 Å². The number of carbonyl (C=O) groups excluding carboxylic acids is 2. The zero-order valence-electron chi connectivity index (χ0n) is 11.2. The SMILES string of the molecule is CCCCCCCCCCCCC(=O)C(N)=O. The molecule has 0 spiro atoms. The summed E-state index contributed by atoms with van der Waals surface area (Å²) in [5.41, 5.74) is 4.87. The van der Waals surface area contributed by atoms with Crippen molar-refractivity contribution in [2.75, 3.05) is 0 Å². The quantitative estimate of drug-likeness (QED) is 0.421. The number of hydrogen-bond acceptors (Lipinski definition) is 2. The molecule has 1 amide bonds. The number of hydrogen-bond donors (Lipinski definition) is 1. The van der Waals surface area contributed by atoms with E-state index in [9.17, 15) is 9.59 Å². The van der Waals surface area contributed by atoms with Crippen molar-refractivity contribution >= 4 is 11.7 Å². The standard InChI is InChI=1S/C14H27NO2/c1-2-3-4-5-6-7-8-9-10-11-12-13(16)14(15)17/h2-12H2,1H3,(H2,15,17). The smallest absolute Gasteiger partial charge is 0.284 e. The van der Waals surface area contributed by atoms with E-state index in [1.165, 1.54) is 51.4 Å². The van der Waals surface area contributed by atoms with Crippen LogP contribution in [0, 0.1) is 0 Å². The first-order chi connectivity index (χ1) is 8.18. The monoisotopic (exact) mass is 241 g/mol. The molecule has 0 aromatic carbocycles. The van der Waals surface area contributed by atoms with Crippen LogP contribution in [0.3, 0.4) is 0 Å². The van der Waals surface area contributed by atoms with Crippen molar-refractivity contribution in [3.8, 4) is 0 Å². The first-order valence-corrected chi connectivity index (χ1v) is 7.01. The third-order valence-corrected chi connectivity index (χ3v) is 3.03. The summed E-state index contributed by atoms with van der Waals surface area (Å²) < 4.78 is 0.